The van der Waals surface area contributed by atoms with E-state index < -0.39 is 0 Å². The highest BCUT2D eigenvalue weighted by Gasteiger charge is 2.30. The molecule has 1 rings (SSSR count). The molecule has 0 fully saturated rings. The van der Waals surface area contributed by atoms with Crippen LogP contribution in [0.25, 0.3) is 0 Å². The molecule has 0 N–H and O–H groups in total. The molecule has 1 atom stereocenters. The van der Waals surface area contributed by atoms with Crippen LogP contribution in [0.15, 0.2) is 23.8 Å². The molecule has 0 unspecified atom stereocenters. The highest BCUT2D eigenvalue weighted by Crippen LogP contribution is 2.41. The van der Waals surface area contributed by atoms with Crippen molar-refractivity contribution in [2.45, 2.75) is 47.0 Å². The molecule has 0 aromatic carbocycles. The summed E-state index contributed by atoms with van der Waals surface area (Å²) in [5.41, 5.74) is 1.70. The molecule has 0 heterocycles. The van der Waals surface area contributed by atoms with Crippen LogP contribution in [0.4, 0.5) is 0 Å². The van der Waals surface area contributed by atoms with Gasteiger partial charge in [0.2, 0.25) is 0 Å². The highest BCUT2D eigenvalue weighted by atomic mass is 16.1. The Morgan fingerprint density at radius 1 is 1.60 bits per heavy atom. The van der Waals surface area contributed by atoms with Crippen LogP contribution in [0.3, 0.4) is 0 Å². The number of carbonyl (C=O) groups is 1. The summed E-state index contributed by atoms with van der Waals surface area (Å²) in [7, 11) is 0. The average molecular weight is 206 g/mol. The van der Waals surface area contributed by atoms with Crippen LogP contribution < -0.4 is 0 Å². The van der Waals surface area contributed by atoms with Gasteiger partial charge in [0, 0.05) is 12.3 Å². The van der Waals surface area contributed by atoms with Crippen molar-refractivity contribution >= 4 is 5.78 Å². The average Bonchev–Trinajstić information content (AvgIpc) is 2.15. The first-order chi connectivity index (χ1) is 6.97. The number of carbonyl (C=O) groups excluding carboxylic acids is 1. The summed E-state index contributed by atoms with van der Waals surface area (Å²) in [6, 6.07) is 0. The van der Waals surface area contributed by atoms with Crippen molar-refractivity contribution in [3.8, 4) is 0 Å². The lowest BCUT2D eigenvalue weighted by Crippen LogP contribution is -2.26. The quantitative estimate of drug-likeness (QED) is 0.505. The summed E-state index contributed by atoms with van der Waals surface area (Å²) < 4.78 is 0. The topological polar surface area (TPSA) is 17.1 Å². The third kappa shape index (κ3) is 3.05. The minimum absolute atomic E-state index is 0.226. The number of allylic oxidation sites excluding steroid dienone is 4. The number of ketones is 1. The zero-order chi connectivity index (χ0) is 11.5. The monoisotopic (exact) mass is 206 g/mol. The Bertz CT molecular complexity index is 294. The maximum absolute atomic E-state index is 11.3. The Balaban J connectivity index is 2.81. The molecule has 15 heavy (non-hydrogen) atoms. The summed E-state index contributed by atoms with van der Waals surface area (Å²) in [6.45, 7) is 8.65. The Morgan fingerprint density at radius 2 is 2.27 bits per heavy atom. The Hall–Kier alpha value is -0.850. The van der Waals surface area contributed by atoms with Crippen LogP contribution in [0.5, 0.6) is 0 Å². The predicted molar refractivity (Wildman–Crippen MR) is 64.7 cm³/mol. The second-order valence-electron chi connectivity index (χ2n) is 5.13. The van der Waals surface area contributed by atoms with Crippen molar-refractivity contribution in [3.05, 3.63) is 23.8 Å². The van der Waals surface area contributed by atoms with Gasteiger partial charge in [-0.1, -0.05) is 38.5 Å². The van der Waals surface area contributed by atoms with Crippen molar-refractivity contribution in [3.63, 3.8) is 0 Å². The van der Waals surface area contributed by atoms with Gasteiger partial charge in [-0.05, 0) is 31.3 Å². The third-order valence-electron chi connectivity index (χ3n) is 3.41. The number of hydrogen-bond acceptors (Lipinski definition) is 1. The van der Waals surface area contributed by atoms with Crippen molar-refractivity contribution in [2.24, 2.45) is 11.3 Å². The van der Waals surface area contributed by atoms with Crippen LogP contribution in [0, 0.1) is 11.3 Å². The smallest absolute Gasteiger partial charge is 0.155 e. The molecule has 84 valence electrons. The van der Waals surface area contributed by atoms with E-state index >= 15 is 0 Å². The normalized spacial score (nSPS) is 25.3. The minimum atomic E-state index is 0.226. The van der Waals surface area contributed by atoms with Crippen LogP contribution >= 0.6 is 0 Å². The van der Waals surface area contributed by atoms with Gasteiger partial charge in [-0.15, -0.1) is 0 Å². The van der Waals surface area contributed by atoms with Crippen molar-refractivity contribution in [1.29, 1.82) is 0 Å². The van der Waals surface area contributed by atoms with Crippen LogP contribution in [-0.4, -0.2) is 5.78 Å². The number of rotatable bonds is 3. The summed E-state index contributed by atoms with van der Waals surface area (Å²) in [6.07, 6.45) is 9.14. The molecular formula is C14H22O. The highest BCUT2D eigenvalue weighted by molar-refractivity contribution is 5.89. The standard InChI is InChI=1S/C14H22O/c1-5-12(15)8-9-13-11(2)7-6-10-14(13,3)4/h7-9,13H,5-6,10H2,1-4H3/b9-8+/t13-/m1/s1. The van der Waals surface area contributed by atoms with Gasteiger partial charge in [0.1, 0.15) is 0 Å². The van der Waals surface area contributed by atoms with E-state index in [1.54, 1.807) is 6.08 Å². The van der Waals surface area contributed by atoms with Crippen molar-refractivity contribution in [1.82, 2.24) is 0 Å². The molecule has 0 saturated carbocycles. The molecule has 1 aliphatic carbocycles. The second kappa shape index (κ2) is 4.78. The van der Waals surface area contributed by atoms with Crippen LogP contribution in [-0.2, 0) is 4.79 Å². The molecule has 0 amide bonds. The van der Waals surface area contributed by atoms with E-state index in [4.69, 9.17) is 0 Å². The van der Waals surface area contributed by atoms with E-state index in [1.165, 1.54) is 18.4 Å². The number of hydrogen-bond donors (Lipinski definition) is 0. The molecule has 1 aliphatic rings. The van der Waals surface area contributed by atoms with Crippen LogP contribution in [0.2, 0.25) is 0 Å². The fraction of sp³-hybridized carbons (Fsp3) is 0.643. The fourth-order valence-electron chi connectivity index (χ4n) is 2.30. The van der Waals surface area contributed by atoms with Gasteiger partial charge in [0.15, 0.2) is 5.78 Å². The second-order valence-corrected chi connectivity index (χ2v) is 5.13. The molecule has 0 saturated heterocycles. The lowest BCUT2D eigenvalue weighted by atomic mass is 9.68. The molecule has 1 heteroatoms. The molecule has 0 aromatic heterocycles. The Kier molecular flexibility index (Phi) is 3.90. The Labute approximate surface area is 93.3 Å². The summed E-state index contributed by atoms with van der Waals surface area (Å²) >= 11 is 0. The fourth-order valence-corrected chi connectivity index (χ4v) is 2.30. The van der Waals surface area contributed by atoms with E-state index in [1.807, 2.05) is 6.92 Å². The molecule has 1 nitrogen and oxygen atoms in total. The molecule has 0 aliphatic heterocycles. The molecular weight excluding hydrogens is 184 g/mol. The molecule has 0 radical (unpaired) electrons. The van der Waals surface area contributed by atoms with E-state index in [0.717, 1.165) is 0 Å². The SMILES string of the molecule is CCC(=O)/C=C/[C@@H]1C(C)=CCCC1(C)C. The third-order valence-corrected chi connectivity index (χ3v) is 3.41. The van der Waals surface area contributed by atoms with Gasteiger partial charge in [0.25, 0.3) is 0 Å². The minimum Gasteiger partial charge on any atom is -0.295 e. The first-order valence-corrected chi connectivity index (χ1v) is 5.85. The predicted octanol–water partition coefficient (Wildman–Crippen LogP) is 3.90. The lowest BCUT2D eigenvalue weighted by Gasteiger charge is -2.36. The zero-order valence-electron chi connectivity index (χ0n) is 10.3. The van der Waals surface area contributed by atoms with Gasteiger partial charge in [0.05, 0.1) is 0 Å². The zero-order valence-corrected chi connectivity index (χ0v) is 10.3. The lowest BCUT2D eigenvalue weighted by molar-refractivity contribution is -0.114. The van der Waals surface area contributed by atoms with Gasteiger partial charge >= 0.3 is 0 Å². The van der Waals surface area contributed by atoms with Crippen molar-refractivity contribution in [2.75, 3.05) is 0 Å². The van der Waals surface area contributed by atoms with E-state index in [9.17, 15) is 4.79 Å². The maximum Gasteiger partial charge on any atom is 0.155 e. The van der Waals surface area contributed by atoms with Gasteiger partial charge < -0.3 is 0 Å². The van der Waals surface area contributed by atoms with Gasteiger partial charge in [-0.2, -0.15) is 0 Å². The van der Waals surface area contributed by atoms with E-state index in [2.05, 4.69) is 32.9 Å². The summed E-state index contributed by atoms with van der Waals surface area (Å²) in [5.74, 6) is 0.658. The maximum atomic E-state index is 11.3. The van der Waals surface area contributed by atoms with Gasteiger partial charge in [-0.25, -0.2) is 0 Å². The van der Waals surface area contributed by atoms with E-state index in [0.29, 0.717) is 17.8 Å². The summed E-state index contributed by atoms with van der Waals surface area (Å²) in [5, 5.41) is 0. The Morgan fingerprint density at radius 3 is 2.80 bits per heavy atom. The molecule has 0 spiro atoms. The van der Waals surface area contributed by atoms with Crippen LogP contribution in [0.1, 0.15) is 47.0 Å². The molecule has 0 aromatic rings. The summed E-state index contributed by atoms with van der Waals surface area (Å²) in [4.78, 5) is 11.3. The first-order valence-electron chi connectivity index (χ1n) is 5.85. The van der Waals surface area contributed by atoms with Gasteiger partial charge in [-0.3, -0.25) is 4.79 Å². The largest absolute Gasteiger partial charge is 0.295 e. The van der Waals surface area contributed by atoms with E-state index in [-0.39, 0.29) is 5.78 Å². The first kappa shape index (κ1) is 12.2. The molecule has 0 bridgehead atoms. The van der Waals surface area contributed by atoms with Crippen molar-refractivity contribution < 1.29 is 4.79 Å².